The minimum absolute atomic E-state index is 0.155. The summed E-state index contributed by atoms with van der Waals surface area (Å²) < 4.78 is 27.3. The highest BCUT2D eigenvalue weighted by Crippen LogP contribution is 2.24. The van der Waals surface area contributed by atoms with E-state index in [2.05, 4.69) is 24.2 Å². The van der Waals surface area contributed by atoms with Gasteiger partial charge in [-0.25, -0.2) is 8.42 Å². The molecular weight excluding hydrogens is 350 g/mol. The van der Waals surface area contributed by atoms with Crippen LogP contribution in [-0.2, 0) is 10.0 Å². The molecule has 2 aliphatic heterocycles. The van der Waals surface area contributed by atoms with Gasteiger partial charge in [0, 0.05) is 24.7 Å². The summed E-state index contributed by atoms with van der Waals surface area (Å²) in [6, 6.07) is 6.59. The van der Waals surface area contributed by atoms with E-state index in [0.29, 0.717) is 24.6 Å². The number of likely N-dealkylation sites (tertiary alicyclic amines) is 1. The quantitative estimate of drug-likeness (QED) is 0.868. The van der Waals surface area contributed by atoms with Crippen LogP contribution in [0.15, 0.2) is 29.2 Å². The van der Waals surface area contributed by atoms with Crippen LogP contribution in [0.1, 0.15) is 43.0 Å². The molecule has 26 heavy (non-hydrogen) atoms. The maximum atomic E-state index is 12.9. The van der Waals surface area contributed by atoms with Gasteiger partial charge in [0.1, 0.15) is 0 Å². The number of benzene rings is 1. The van der Waals surface area contributed by atoms with Crippen molar-refractivity contribution in [1.29, 1.82) is 0 Å². The molecule has 0 bridgehead atoms. The van der Waals surface area contributed by atoms with E-state index >= 15 is 0 Å². The molecule has 0 saturated carbocycles. The van der Waals surface area contributed by atoms with Crippen molar-refractivity contribution in [3.05, 3.63) is 29.8 Å². The molecule has 3 rings (SSSR count). The third-order valence-electron chi connectivity index (χ3n) is 5.53. The zero-order valence-electron chi connectivity index (χ0n) is 15.6. The van der Waals surface area contributed by atoms with Gasteiger partial charge < -0.3 is 10.2 Å². The van der Waals surface area contributed by atoms with Crippen LogP contribution in [0.2, 0.25) is 0 Å². The molecule has 1 aromatic rings. The minimum Gasteiger partial charge on any atom is -0.349 e. The topological polar surface area (TPSA) is 69.7 Å². The third-order valence-corrected chi connectivity index (χ3v) is 7.43. The fraction of sp³-hybridized carbons (Fsp3) is 0.632. The summed E-state index contributed by atoms with van der Waals surface area (Å²) >= 11 is 0. The van der Waals surface area contributed by atoms with Crippen LogP contribution in [0, 0.1) is 5.92 Å². The second-order valence-corrected chi connectivity index (χ2v) is 9.60. The number of hydrogen-bond acceptors (Lipinski definition) is 4. The summed E-state index contributed by atoms with van der Waals surface area (Å²) in [5.74, 6) is 0.372. The molecule has 1 N–H and O–H groups in total. The number of carbonyl (C=O) groups excluding carboxylic acids is 1. The molecule has 0 aliphatic carbocycles. The van der Waals surface area contributed by atoms with Crippen LogP contribution in [-0.4, -0.2) is 62.8 Å². The Morgan fingerprint density at radius 2 is 1.73 bits per heavy atom. The minimum atomic E-state index is -3.54. The van der Waals surface area contributed by atoms with Crippen LogP contribution in [0.5, 0.6) is 0 Å². The normalized spacial score (nSPS) is 21.6. The van der Waals surface area contributed by atoms with E-state index in [4.69, 9.17) is 0 Å². The van der Waals surface area contributed by atoms with Gasteiger partial charge in [0.05, 0.1) is 4.90 Å². The SMILES string of the molecule is CC1CCN(S(=O)(=O)c2cccc(C(=O)NC3CCN(C)CC3)c2)CC1. The molecule has 6 nitrogen and oxygen atoms in total. The van der Waals surface area contributed by atoms with Crippen molar-refractivity contribution < 1.29 is 13.2 Å². The molecule has 0 aromatic heterocycles. The predicted octanol–water partition coefficient (Wildman–Crippen LogP) is 1.93. The summed E-state index contributed by atoms with van der Waals surface area (Å²) in [4.78, 5) is 15.0. The molecule has 144 valence electrons. The van der Waals surface area contributed by atoms with Gasteiger partial charge in [0.25, 0.3) is 5.91 Å². The van der Waals surface area contributed by atoms with Gasteiger partial charge in [0.15, 0.2) is 0 Å². The summed E-state index contributed by atoms with van der Waals surface area (Å²) in [7, 11) is -1.46. The third kappa shape index (κ3) is 4.45. The van der Waals surface area contributed by atoms with E-state index in [1.54, 1.807) is 22.5 Å². The van der Waals surface area contributed by atoms with Crippen LogP contribution >= 0.6 is 0 Å². The van der Waals surface area contributed by atoms with E-state index < -0.39 is 10.0 Å². The molecule has 2 heterocycles. The van der Waals surface area contributed by atoms with Gasteiger partial charge in [-0.1, -0.05) is 13.0 Å². The number of amides is 1. The van der Waals surface area contributed by atoms with Gasteiger partial charge in [-0.2, -0.15) is 4.31 Å². The Morgan fingerprint density at radius 3 is 2.38 bits per heavy atom. The van der Waals surface area contributed by atoms with E-state index in [0.717, 1.165) is 38.8 Å². The number of nitrogens with one attached hydrogen (secondary N) is 1. The van der Waals surface area contributed by atoms with Crippen molar-refractivity contribution in [3.8, 4) is 0 Å². The van der Waals surface area contributed by atoms with Gasteiger partial charge >= 0.3 is 0 Å². The monoisotopic (exact) mass is 379 g/mol. The lowest BCUT2D eigenvalue weighted by Gasteiger charge is -2.30. The smallest absolute Gasteiger partial charge is 0.251 e. The highest BCUT2D eigenvalue weighted by molar-refractivity contribution is 7.89. The molecule has 2 aliphatic rings. The lowest BCUT2D eigenvalue weighted by Crippen LogP contribution is -2.43. The number of hydrogen-bond donors (Lipinski definition) is 1. The molecule has 2 fully saturated rings. The summed E-state index contributed by atoms with van der Waals surface area (Å²) in [5.41, 5.74) is 0.412. The molecule has 1 amide bonds. The molecular formula is C19H29N3O3S. The first-order valence-electron chi connectivity index (χ1n) is 9.46. The maximum absolute atomic E-state index is 12.9. The summed E-state index contributed by atoms with van der Waals surface area (Å²) in [5, 5.41) is 3.05. The number of rotatable bonds is 4. The Hall–Kier alpha value is -1.44. The number of piperidine rings is 2. The Kier molecular flexibility index (Phi) is 5.99. The summed E-state index contributed by atoms with van der Waals surface area (Å²) in [6.07, 6.45) is 3.61. The highest BCUT2D eigenvalue weighted by atomic mass is 32.2. The lowest BCUT2D eigenvalue weighted by molar-refractivity contribution is 0.0916. The largest absolute Gasteiger partial charge is 0.349 e. The van der Waals surface area contributed by atoms with Crippen LogP contribution in [0.25, 0.3) is 0 Å². The van der Waals surface area contributed by atoms with E-state index in [1.165, 1.54) is 6.07 Å². The average molecular weight is 380 g/mol. The van der Waals surface area contributed by atoms with Crippen LogP contribution in [0.4, 0.5) is 0 Å². The van der Waals surface area contributed by atoms with Gasteiger partial charge in [0.2, 0.25) is 10.0 Å². The molecule has 0 spiro atoms. The van der Waals surface area contributed by atoms with Crippen LogP contribution < -0.4 is 5.32 Å². The maximum Gasteiger partial charge on any atom is 0.251 e. The Labute approximate surface area is 156 Å². The first kappa shape index (κ1) is 19.3. The molecule has 1 aromatic carbocycles. The number of carbonyl (C=O) groups is 1. The van der Waals surface area contributed by atoms with Crippen molar-refractivity contribution in [1.82, 2.24) is 14.5 Å². The van der Waals surface area contributed by atoms with E-state index in [9.17, 15) is 13.2 Å². The van der Waals surface area contributed by atoms with Crippen LogP contribution in [0.3, 0.4) is 0 Å². The zero-order valence-corrected chi connectivity index (χ0v) is 16.5. The molecule has 2 saturated heterocycles. The van der Waals surface area contributed by atoms with Gasteiger partial charge in [-0.05, 0) is 69.9 Å². The average Bonchev–Trinajstić information content (AvgIpc) is 2.64. The zero-order chi connectivity index (χ0) is 18.7. The van der Waals surface area contributed by atoms with Crippen molar-refractivity contribution >= 4 is 15.9 Å². The first-order valence-corrected chi connectivity index (χ1v) is 10.9. The first-order chi connectivity index (χ1) is 12.4. The molecule has 0 atom stereocenters. The van der Waals surface area contributed by atoms with Gasteiger partial charge in [-0.15, -0.1) is 0 Å². The summed E-state index contributed by atoms with van der Waals surface area (Å²) in [6.45, 7) is 5.18. The van der Waals surface area contributed by atoms with Crippen molar-refractivity contribution in [2.45, 2.75) is 43.5 Å². The fourth-order valence-electron chi connectivity index (χ4n) is 3.59. The van der Waals surface area contributed by atoms with E-state index in [-0.39, 0.29) is 16.8 Å². The van der Waals surface area contributed by atoms with Crippen molar-refractivity contribution in [2.24, 2.45) is 5.92 Å². The molecule has 0 unspecified atom stereocenters. The van der Waals surface area contributed by atoms with Crippen molar-refractivity contribution in [3.63, 3.8) is 0 Å². The predicted molar refractivity (Wildman–Crippen MR) is 102 cm³/mol. The Morgan fingerprint density at radius 1 is 1.08 bits per heavy atom. The van der Waals surface area contributed by atoms with Crippen molar-refractivity contribution in [2.75, 3.05) is 33.2 Å². The standard InChI is InChI=1S/C19H29N3O3S/c1-15-6-12-22(13-7-15)26(24,25)18-5-3-4-16(14-18)19(23)20-17-8-10-21(2)11-9-17/h3-5,14-15,17H,6-13H2,1-2H3,(H,20,23). The second-order valence-electron chi connectivity index (χ2n) is 7.67. The Balaban J connectivity index is 1.70. The second kappa shape index (κ2) is 8.06. The number of sulfonamides is 1. The lowest BCUT2D eigenvalue weighted by atomic mass is 10.0. The molecule has 7 heteroatoms. The Bertz CT molecular complexity index is 734. The van der Waals surface area contributed by atoms with Gasteiger partial charge in [-0.3, -0.25) is 4.79 Å². The highest BCUT2D eigenvalue weighted by Gasteiger charge is 2.28. The molecule has 0 radical (unpaired) electrons. The van der Waals surface area contributed by atoms with E-state index in [1.807, 2.05) is 0 Å². The fourth-order valence-corrected chi connectivity index (χ4v) is 5.11. The number of nitrogens with zero attached hydrogens (tertiary/aromatic N) is 2.